The van der Waals surface area contributed by atoms with Crippen molar-refractivity contribution in [2.45, 2.75) is 40.5 Å². The number of aryl methyl sites for hydroxylation is 1. The molecule has 0 aliphatic heterocycles. The summed E-state index contributed by atoms with van der Waals surface area (Å²) in [7, 11) is 0. The molecule has 0 amide bonds. The first-order valence-corrected chi connectivity index (χ1v) is 6.92. The van der Waals surface area contributed by atoms with Crippen LogP contribution in [0, 0.1) is 12.3 Å². The van der Waals surface area contributed by atoms with Gasteiger partial charge in [-0.3, -0.25) is 0 Å². The summed E-state index contributed by atoms with van der Waals surface area (Å²) in [4.78, 5) is 8.64. The number of aliphatic hydroxyl groups is 1. The molecule has 0 saturated carbocycles. The quantitative estimate of drug-likeness (QED) is 0.757. The van der Waals surface area contributed by atoms with Gasteiger partial charge in [0.1, 0.15) is 0 Å². The van der Waals surface area contributed by atoms with Crippen molar-refractivity contribution in [3.63, 3.8) is 0 Å². The van der Waals surface area contributed by atoms with E-state index >= 15 is 0 Å². The second kappa shape index (κ2) is 7.28. The van der Waals surface area contributed by atoms with Crippen molar-refractivity contribution >= 4 is 5.95 Å². The molecule has 5 heteroatoms. The zero-order valence-electron chi connectivity index (χ0n) is 12.4. The van der Waals surface area contributed by atoms with Gasteiger partial charge in [0.2, 0.25) is 11.8 Å². The number of aromatic nitrogens is 2. The van der Waals surface area contributed by atoms with E-state index in [0.717, 1.165) is 18.5 Å². The van der Waals surface area contributed by atoms with Crippen molar-refractivity contribution in [2.75, 3.05) is 25.1 Å². The minimum Gasteiger partial charge on any atom is -0.478 e. The second-order valence-electron chi connectivity index (χ2n) is 4.82. The van der Waals surface area contributed by atoms with E-state index in [9.17, 15) is 5.11 Å². The Morgan fingerprint density at radius 2 is 1.95 bits per heavy atom. The van der Waals surface area contributed by atoms with E-state index in [-0.39, 0.29) is 12.0 Å². The van der Waals surface area contributed by atoms with Crippen molar-refractivity contribution in [2.24, 2.45) is 5.41 Å². The van der Waals surface area contributed by atoms with E-state index in [4.69, 9.17) is 4.74 Å². The van der Waals surface area contributed by atoms with Gasteiger partial charge in [-0.25, -0.2) is 4.98 Å². The van der Waals surface area contributed by atoms with Crippen LogP contribution < -0.4 is 10.1 Å². The molecular weight excluding hydrogens is 242 g/mol. The number of ether oxygens (including phenoxy) is 1. The molecule has 0 aliphatic rings. The van der Waals surface area contributed by atoms with Crippen molar-refractivity contribution < 1.29 is 9.84 Å². The lowest BCUT2D eigenvalue weighted by Crippen LogP contribution is -2.32. The molecule has 19 heavy (non-hydrogen) atoms. The van der Waals surface area contributed by atoms with Gasteiger partial charge in [0.15, 0.2) is 0 Å². The smallest absolute Gasteiger partial charge is 0.226 e. The Bertz CT molecular complexity index is 384. The number of nitrogens with one attached hydrogen (secondary N) is 1. The predicted octanol–water partition coefficient (Wildman–Crippen LogP) is 2.39. The van der Waals surface area contributed by atoms with Gasteiger partial charge in [0.25, 0.3) is 0 Å². The van der Waals surface area contributed by atoms with Gasteiger partial charge in [-0.05, 0) is 26.7 Å². The summed E-state index contributed by atoms with van der Waals surface area (Å²) in [5.74, 6) is 1.14. The summed E-state index contributed by atoms with van der Waals surface area (Å²) in [5, 5.41) is 12.8. The zero-order valence-corrected chi connectivity index (χ0v) is 12.4. The molecule has 0 aliphatic carbocycles. The third-order valence-electron chi connectivity index (χ3n) is 3.58. The molecule has 0 radical (unpaired) electrons. The minimum atomic E-state index is -0.112. The molecule has 0 unspecified atom stereocenters. The van der Waals surface area contributed by atoms with Crippen LogP contribution in [0.1, 0.15) is 39.3 Å². The first kappa shape index (κ1) is 15.7. The number of hydrogen-bond acceptors (Lipinski definition) is 5. The van der Waals surface area contributed by atoms with Crippen LogP contribution in [-0.2, 0) is 0 Å². The maximum Gasteiger partial charge on any atom is 0.226 e. The van der Waals surface area contributed by atoms with Gasteiger partial charge in [0.05, 0.1) is 13.2 Å². The molecule has 1 rings (SSSR count). The topological polar surface area (TPSA) is 67.3 Å². The molecule has 0 aromatic carbocycles. The van der Waals surface area contributed by atoms with E-state index in [1.54, 1.807) is 0 Å². The largest absolute Gasteiger partial charge is 0.478 e. The molecule has 0 fully saturated rings. The Hall–Kier alpha value is -1.36. The SMILES string of the molecule is CCOc1cc(C)nc(NCC(CC)(CC)CO)n1. The van der Waals surface area contributed by atoms with Crippen LogP contribution >= 0.6 is 0 Å². The third kappa shape index (κ3) is 4.35. The van der Waals surface area contributed by atoms with Crippen LogP contribution in [0.2, 0.25) is 0 Å². The van der Waals surface area contributed by atoms with Crippen LogP contribution in [0.25, 0.3) is 0 Å². The van der Waals surface area contributed by atoms with E-state index in [0.29, 0.717) is 25.0 Å². The molecular formula is C14H25N3O2. The monoisotopic (exact) mass is 267 g/mol. The van der Waals surface area contributed by atoms with Crippen LogP contribution in [0.4, 0.5) is 5.95 Å². The first-order chi connectivity index (χ1) is 9.09. The van der Waals surface area contributed by atoms with Crippen molar-refractivity contribution in [3.8, 4) is 5.88 Å². The van der Waals surface area contributed by atoms with Gasteiger partial charge in [-0.2, -0.15) is 4.98 Å². The summed E-state index contributed by atoms with van der Waals surface area (Å²) in [6.45, 7) is 9.42. The average Bonchev–Trinajstić information content (AvgIpc) is 2.41. The molecule has 2 N–H and O–H groups in total. The van der Waals surface area contributed by atoms with Crippen LogP contribution in [0.3, 0.4) is 0 Å². The van der Waals surface area contributed by atoms with E-state index < -0.39 is 0 Å². The summed E-state index contributed by atoms with van der Waals surface area (Å²) in [6.07, 6.45) is 1.83. The fraction of sp³-hybridized carbons (Fsp3) is 0.714. The molecule has 1 aromatic heterocycles. The van der Waals surface area contributed by atoms with Crippen molar-refractivity contribution in [1.29, 1.82) is 0 Å². The van der Waals surface area contributed by atoms with Gasteiger partial charge >= 0.3 is 0 Å². The second-order valence-corrected chi connectivity index (χ2v) is 4.82. The Morgan fingerprint density at radius 1 is 1.26 bits per heavy atom. The Morgan fingerprint density at radius 3 is 2.47 bits per heavy atom. The Balaban J connectivity index is 2.76. The zero-order chi connectivity index (χ0) is 14.3. The number of nitrogens with zero attached hydrogens (tertiary/aromatic N) is 2. The molecule has 0 saturated heterocycles. The molecule has 0 bridgehead atoms. The number of hydrogen-bond donors (Lipinski definition) is 2. The lowest BCUT2D eigenvalue weighted by atomic mass is 9.83. The molecule has 1 aromatic rings. The van der Waals surface area contributed by atoms with Gasteiger partial charge in [0, 0.05) is 23.7 Å². The van der Waals surface area contributed by atoms with Crippen LogP contribution in [0.5, 0.6) is 5.88 Å². The number of aliphatic hydroxyl groups excluding tert-OH is 1. The highest BCUT2D eigenvalue weighted by Crippen LogP contribution is 2.25. The first-order valence-electron chi connectivity index (χ1n) is 6.92. The summed E-state index contributed by atoms with van der Waals surface area (Å²) >= 11 is 0. The molecule has 108 valence electrons. The van der Waals surface area contributed by atoms with Gasteiger partial charge in [-0.1, -0.05) is 13.8 Å². The van der Waals surface area contributed by atoms with E-state index in [2.05, 4.69) is 29.1 Å². The van der Waals surface area contributed by atoms with Crippen LogP contribution in [0.15, 0.2) is 6.07 Å². The number of rotatable bonds is 8. The fourth-order valence-corrected chi connectivity index (χ4v) is 1.89. The van der Waals surface area contributed by atoms with Crippen molar-refractivity contribution in [1.82, 2.24) is 9.97 Å². The van der Waals surface area contributed by atoms with Gasteiger partial charge in [-0.15, -0.1) is 0 Å². The normalized spacial score (nSPS) is 11.4. The standard InChI is InChI=1S/C14H25N3O2/c1-5-14(6-2,10-18)9-15-13-16-11(4)8-12(17-13)19-7-3/h8,18H,5-7,9-10H2,1-4H3,(H,15,16,17). The molecule has 1 heterocycles. The third-order valence-corrected chi connectivity index (χ3v) is 3.58. The molecule has 0 atom stereocenters. The highest BCUT2D eigenvalue weighted by molar-refractivity contribution is 5.31. The van der Waals surface area contributed by atoms with E-state index in [1.165, 1.54) is 0 Å². The van der Waals surface area contributed by atoms with Gasteiger partial charge < -0.3 is 15.2 Å². The summed E-state index contributed by atoms with van der Waals surface area (Å²) in [5.41, 5.74) is 0.752. The lowest BCUT2D eigenvalue weighted by Gasteiger charge is -2.29. The molecule has 0 spiro atoms. The fourth-order valence-electron chi connectivity index (χ4n) is 1.89. The van der Waals surface area contributed by atoms with E-state index in [1.807, 2.05) is 19.9 Å². The Labute approximate surface area is 115 Å². The molecule has 5 nitrogen and oxygen atoms in total. The lowest BCUT2D eigenvalue weighted by molar-refractivity contribution is 0.127. The average molecular weight is 267 g/mol. The predicted molar refractivity (Wildman–Crippen MR) is 76.5 cm³/mol. The number of anilines is 1. The highest BCUT2D eigenvalue weighted by Gasteiger charge is 2.25. The van der Waals surface area contributed by atoms with Crippen molar-refractivity contribution in [3.05, 3.63) is 11.8 Å². The maximum absolute atomic E-state index is 9.54. The maximum atomic E-state index is 9.54. The Kier molecular flexibility index (Phi) is 6.02. The van der Waals surface area contributed by atoms with Crippen LogP contribution in [-0.4, -0.2) is 34.8 Å². The minimum absolute atomic E-state index is 0.112. The summed E-state index contributed by atoms with van der Waals surface area (Å²) < 4.78 is 5.40. The highest BCUT2D eigenvalue weighted by atomic mass is 16.5. The summed E-state index contributed by atoms with van der Waals surface area (Å²) in [6, 6.07) is 1.81.